The summed E-state index contributed by atoms with van der Waals surface area (Å²) in [6.07, 6.45) is 2.06. The molecule has 1 N–H and O–H groups in total. The Morgan fingerprint density at radius 1 is 0.565 bits per heavy atom. The molecule has 2 aliphatic carbocycles. The van der Waals surface area contributed by atoms with Gasteiger partial charge in [-0.25, -0.2) is 0 Å². The second-order valence-corrected chi connectivity index (χ2v) is 7.10. The lowest BCUT2D eigenvalue weighted by molar-refractivity contribution is 0.482. The van der Waals surface area contributed by atoms with Gasteiger partial charge >= 0.3 is 0 Å². The van der Waals surface area contributed by atoms with Crippen molar-refractivity contribution in [3.63, 3.8) is 0 Å². The number of phenolic OH excluding ortho intramolecular Hbond substituents is 1. The summed E-state index contributed by atoms with van der Waals surface area (Å²) in [7, 11) is 0. The van der Waals surface area contributed by atoms with E-state index in [9.17, 15) is 5.11 Å². The standard InChI is InChI=1S/C22H12O/c23-16-9-14-4-3-12-7-10-1-2-11-8-13-5-6-15(16)22-20(13)18(11)17(10)19(12)21(14)22/h1-6,9,23H,7-8H2. The number of phenols is 1. The molecule has 0 radical (unpaired) electrons. The van der Waals surface area contributed by atoms with Gasteiger partial charge in [0.05, 0.1) is 0 Å². The predicted molar refractivity (Wildman–Crippen MR) is 94.9 cm³/mol. The van der Waals surface area contributed by atoms with E-state index in [1.165, 1.54) is 54.6 Å². The van der Waals surface area contributed by atoms with Crippen LogP contribution in [0.25, 0.3) is 43.1 Å². The van der Waals surface area contributed by atoms with Crippen LogP contribution in [0.2, 0.25) is 0 Å². The molecule has 0 amide bonds. The van der Waals surface area contributed by atoms with Gasteiger partial charge in [0, 0.05) is 10.8 Å². The zero-order valence-corrected chi connectivity index (χ0v) is 12.4. The highest BCUT2D eigenvalue weighted by atomic mass is 16.3. The summed E-state index contributed by atoms with van der Waals surface area (Å²) in [4.78, 5) is 0. The molecule has 0 saturated carbocycles. The van der Waals surface area contributed by atoms with Gasteiger partial charge in [0.1, 0.15) is 5.75 Å². The van der Waals surface area contributed by atoms with Gasteiger partial charge < -0.3 is 5.11 Å². The Morgan fingerprint density at radius 2 is 1.09 bits per heavy atom. The fraction of sp³-hybridized carbons (Fsp3) is 0.0909. The Kier molecular flexibility index (Phi) is 1.47. The molecule has 0 fully saturated rings. The molecule has 5 aromatic carbocycles. The van der Waals surface area contributed by atoms with E-state index in [1.54, 1.807) is 0 Å². The molecule has 2 aliphatic rings. The number of aromatic hydroxyl groups is 1. The van der Waals surface area contributed by atoms with E-state index in [-0.39, 0.29) is 0 Å². The van der Waals surface area contributed by atoms with E-state index in [2.05, 4.69) is 36.4 Å². The monoisotopic (exact) mass is 292 g/mol. The first-order chi connectivity index (χ1) is 11.3. The molecule has 106 valence electrons. The maximum absolute atomic E-state index is 10.5. The summed E-state index contributed by atoms with van der Waals surface area (Å²) < 4.78 is 0. The zero-order valence-electron chi connectivity index (χ0n) is 12.4. The van der Waals surface area contributed by atoms with Crippen molar-refractivity contribution in [3.05, 3.63) is 64.7 Å². The minimum Gasteiger partial charge on any atom is -0.507 e. The van der Waals surface area contributed by atoms with E-state index in [1.807, 2.05) is 6.07 Å². The smallest absolute Gasteiger partial charge is 0.124 e. The number of hydrogen-bond acceptors (Lipinski definition) is 1. The molecule has 0 aliphatic heterocycles. The molecular formula is C22H12O. The van der Waals surface area contributed by atoms with E-state index in [0.717, 1.165) is 23.6 Å². The largest absolute Gasteiger partial charge is 0.507 e. The van der Waals surface area contributed by atoms with Crippen molar-refractivity contribution in [3.8, 4) is 5.75 Å². The van der Waals surface area contributed by atoms with Crippen molar-refractivity contribution in [1.29, 1.82) is 0 Å². The van der Waals surface area contributed by atoms with Gasteiger partial charge in [0.15, 0.2) is 0 Å². The van der Waals surface area contributed by atoms with Crippen molar-refractivity contribution < 1.29 is 5.11 Å². The third-order valence-electron chi connectivity index (χ3n) is 6.07. The normalized spacial score (nSPS) is 14.8. The summed E-state index contributed by atoms with van der Waals surface area (Å²) in [5.74, 6) is 0.404. The average molecular weight is 292 g/mol. The number of hydrogen-bond donors (Lipinski definition) is 1. The number of benzene rings is 5. The molecule has 7 rings (SSSR count). The topological polar surface area (TPSA) is 20.2 Å². The SMILES string of the molecule is Oc1cc2ccc3c4c5c(ccc6c5c5c(ccc1c5c24)C6)C3. The summed E-state index contributed by atoms with van der Waals surface area (Å²) in [5.41, 5.74) is 5.77. The van der Waals surface area contributed by atoms with Crippen molar-refractivity contribution in [2.45, 2.75) is 12.8 Å². The van der Waals surface area contributed by atoms with Gasteiger partial charge in [-0.05, 0) is 73.5 Å². The maximum Gasteiger partial charge on any atom is 0.124 e. The van der Waals surface area contributed by atoms with Gasteiger partial charge in [0.2, 0.25) is 0 Å². The van der Waals surface area contributed by atoms with Crippen molar-refractivity contribution in [1.82, 2.24) is 0 Å². The fourth-order valence-electron chi connectivity index (χ4n) is 5.23. The Morgan fingerprint density at radius 3 is 1.78 bits per heavy atom. The molecule has 1 nitrogen and oxygen atoms in total. The first-order valence-electron chi connectivity index (χ1n) is 8.20. The highest BCUT2D eigenvalue weighted by Crippen LogP contribution is 2.52. The second kappa shape index (κ2) is 3.11. The van der Waals surface area contributed by atoms with Crippen LogP contribution in [0.1, 0.15) is 22.3 Å². The molecule has 0 bridgehead atoms. The third kappa shape index (κ3) is 0.978. The van der Waals surface area contributed by atoms with Crippen LogP contribution >= 0.6 is 0 Å². The van der Waals surface area contributed by atoms with Gasteiger partial charge in [-0.3, -0.25) is 0 Å². The van der Waals surface area contributed by atoms with Crippen LogP contribution in [-0.4, -0.2) is 5.11 Å². The van der Waals surface area contributed by atoms with Crippen LogP contribution in [0.5, 0.6) is 5.75 Å². The minimum atomic E-state index is 0.404. The van der Waals surface area contributed by atoms with Gasteiger partial charge in [-0.2, -0.15) is 0 Å². The molecule has 0 unspecified atom stereocenters. The van der Waals surface area contributed by atoms with Gasteiger partial charge in [0.25, 0.3) is 0 Å². The van der Waals surface area contributed by atoms with Gasteiger partial charge in [-0.15, -0.1) is 0 Å². The molecule has 23 heavy (non-hydrogen) atoms. The van der Waals surface area contributed by atoms with Crippen LogP contribution in [0.3, 0.4) is 0 Å². The van der Waals surface area contributed by atoms with E-state index in [4.69, 9.17) is 0 Å². The van der Waals surface area contributed by atoms with E-state index in [0.29, 0.717) is 5.75 Å². The minimum absolute atomic E-state index is 0.404. The lowest BCUT2D eigenvalue weighted by Crippen LogP contribution is -1.88. The summed E-state index contributed by atoms with van der Waals surface area (Å²) in [5, 5.41) is 21.1. The van der Waals surface area contributed by atoms with E-state index < -0.39 is 0 Å². The summed E-state index contributed by atoms with van der Waals surface area (Å²) in [6.45, 7) is 0. The highest BCUT2D eigenvalue weighted by Gasteiger charge is 2.28. The summed E-state index contributed by atoms with van der Waals surface area (Å²) >= 11 is 0. The zero-order chi connectivity index (χ0) is 14.9. The van der Waals surface area contributed by atoms with Crippen LogP contribution in [0.4, 0.5) is 0 Å². The quantitative estimate of drug-likeness (QED) is 0.299. The van der Waals surface area contributed by atoms with Crippen molar-refractivity contribution in [2.24, 2.45) is 0 Å². The number of rotatable bonds is 0. The molecular weight excluding hydrogens is 280 g/mol. The molecule has 0 spiro atoms. The molecule has 5 aromatic rings. The summed E-state index contributed by atoms with van der Waals surface area (Å²) in [6, 6.07) is 15.3. The Bertz CT molecular complexity index is 1360. The Balaban J connectivity index is 2.05. The second-order valence-electron chi connectivity index (χ2n) is 7.10. The fourth-order valence-corrected chi connectivity index (χ4v) is 5.23. The van der Waals surface area contributed by atoms with Crippen molar-refractivity contribution in [2.75, 3.05) is 0 Å². The van der Waals surface area contributed by atoms with Crippen LogP contribution in [0, 0.1) is 0 Å². The third-order valence-corrected chi connectivity index (χ3v) is 6.07. The van der Waals surface area contributed by atoms with E-state index >= 15 is 0 Å². The lowest BCUT2D eigenvalue weighted by atomic mass is 9.89. The maximum atomic E-state index is 10.5. The molecule has 0 heterocycles. The average Bonchev–Trinajstić information content (AvgIpc) is 3.11. The highest BCUT2D eigenvalue weighted by molar-refractivity contribution is 6.38. The van der Waals surface area contributed by atoms with Crippen LogP contribution in [0.15, 0.2) is 42.5 Å². The molecule has 1 heteroatoms. The first-order valence-corrected chi connectivity index (χ1v) is 8.20. The molecule has 0 saturated heterocycles. The Labute approximate surface area is 132 Å². The molecule has 0 aromatic heterocycles. The predicted octanol–water partition coefficient (Wildman–Crippen LogP) is 5.25. The van der Waals surface area contributed by atoms with Gasteiger partial charge in [-0.1, -0.05) is 36.4 Å². The first kappa shape index (κ1) is 10.8. The van der Waals surface area contributed by atoms with Crippen LogP contribution in [-0.2, 0) is 12.8 Å². The molecule has 0 atom stereocenters. The van der Waals surface area contributed by atoms with Crippen molar-refractivity contribution >= 4 is 43.1 Å². The Hall–Kier alpha value is -2.80. The lowest BCUT2D eigenvalue weighted by Gasteiger charge is -2.15. The van der Waals surface area contributed by atoms with Crippen LogP contribution < -0.4 is 0 Å².